The molecule has 0 bridgehead atoms. The van der Waals surface area contributed by atoms with Crippen molar-refractivity contribution in [3.63, 3.8) is 0 Å². The zero-order valence-corrected chi connectivity index (χ0v) is 16.3. The summed E-state index contributed by atoms with van der Waals surface area (Å²) < 4.78 is 0. The summed E-state index contributed by atoms with van der Waals surface area (Å²) in [5.74, 6) is 0. The van der Waals surface area contributed by atoms with Crippen LogP contribution in [0.5, 0.6) is 0 Å². The van der Waals surface area contributed by atoms with E-state index in [0.29, 0.717) is 12.1 Å². The average Bonchev–Trinajstić information content (AvgIpc) is 2.63. The van der Waals surface area contributed by atoms with Crippen LogP contribution in [0, 0.1) is 0 Å². The standard InChI is InChI=1S/C20H27N2PS/c1-22(2)20-16-10-9-15-19(20)21-23(24,17-11-5-3-6-12-17)18-13-7-4-8-14-18/h3-8,11-14,19-20H,9-10,15-16H2,1-2H3,(H,21,24). The van der Waals surface area contributed by atoms with E-state index in [0.717, 1.165) is 0 Å². The third-order valence-electron chi connectivity index (χ3n) is 4.98. The molecule has 3 rings (SSSR count). The van der Waals surface area contributed by atoms with Gasteiger partial charge in [-0.25, -0.2) is 0 Å². The minimum absolute atomic E-state index is 0.458. The minimum atomic E-state index is -2.01. The quantitative estimate of drug-likeness (QED) is 0.824. The molecule has 0 radical (unpaired) electrons. The molecule has 128 valence electrons. The highest BCUT2D eigenvalue weighted by atomic mass is 32.4. The monoisotopic (exact) mass is 358 g/mol. The van der Waals surface area contributed by atoms with Crippen molar-refractivity contribution in [1.29, 1.82) is 0 Å². The first-order valence-corrected chi connectivity index (χ1v) is 11.6. The summed E-state index contributed by atoms with van der Waals surface area (Å²) in [6.07, 6.45) is 3.06. The third-order valence-corrected chi connectivity index (χ3v) is 9.31. The molecule has 2 nitrogen and oxygen atoms in total. The molecule has 4 heteroatoms. The molecule has 0 aliphatic heterocycles. The van der Waals surface area contributed by atoms with Gasteiger partial charge in [0.2, 0.25) is 0 Å². The van der Waals surface area contributed by atoms with Crippen LogP contribution in [0.1, 0.15) is 25.7 Å². The minimum Gasteiger partial charge on any atom is -0.305 e. The van der Waals surface area contributed by atoms with Gasteiger partial charge in [-0.15, -0.1) is 0 Å². The number of benzene rings is 2. The fourth-order valence-corrected chi connectivity index (χ4v) is 7.37. The Morgan fingerprint density at radius 2 is 1.38 bits per heavy atom. The van der Waals surface area contributed by atoms with Crippen molar-refractivity contribution in [2.24, 2.45) is 0 Å². The van der Waals surface area contributed by atoms with Crippen LogP contribution in [0.4, 0.5) is 0 Å². The zero-order valence-electron chi connectivity index (χ0n) is 14.6. The van der Waals surface area contributed by atoms with Gasteiger partial charge in [-0.3, -0.25) is 5.09 Å². The molecule has 1 aliphatic carbocycles. The lowest BCUT2D eigenvalue weighted by Crippen LogP contribution is -2.50. The molecule has 0 spiro atoms. The van der Waals surface area contributed by atoms with Crippen LogP contribution in [0.25, 0.3) is 0 Å². The highest BCUT2D eigenvalue weighted by molar-refractivity contribution is 8.20. The maximum atomic E-state index is 6.34. The van der Waals surface area contributed by atoms with Gasteiger partial charge in [0.1, 0.15) is 0 Å². The summed E-state index contributed by atoms with van der Waals surface area (Å²) in [5, 5.41) is 6.50. The second-order valence-electron chi connectivity index (χ2n) is 6.83. The summed E-state index contributed by atoms with van der Waals surface area (Å²) in [6.45, 7) is 0. The molecule has 2 atom stereocenters. The van der Waals surface area contributed by atoms with Gasteiger partial charge in [0.25, 0.3) is 0 Å². The van der Waals surface area contributed by atoms with Crippen LogP contribution in [-0.2, 0) is 11.8 Å². The third kappa shape index (κ3) is 3.81. The van der Waals surface area contributed by atoms with Crippen molar-refractivity contribution in [3.05, 3.63) is 60.7 Å². The fourth-order valence-electron chi connectivity index (χ4n) is 3.69. The molecular formula is C20H27N2PS. The normalized spacial score (nSPS) is 21.8. The van der Waals surface area contributed by atoms with Crippen LogP contribution >= 0.6 is 6.19 Å². The zero-order chi connectivity index (χ0) is 17.0. The molecule has 0 aromatic heterocycles. The van der Waals surface area contributed by atoms with E-state index in [1.54, 1.807) is 0 Å². The van der Waals surface area contributed by atoms with E-state index in [2.05, 4.69) is 84.7 Å². The summed E-state index contributed by atoms with van der Waals surface area (Å²) in [7, 11) is 4.39. The van der Waals surface area contributed by atoms with Gasteiger partial charge in [0.05, 0.1) is 6.19 Å². The molecule has 0 saturated heterocycles. The predicted molar refractivity (Wildman–Crippen MR) is 109 cm³/mol. The number of nitrogens with one attached hydrogen (secondary N) is 1. The van der Waals surface area contributed by atoms with Crippen molar-refractivity contribution in [2.75, 3.05) is 14.1 Å². The Balaban J connectivity index is 1.98. The van der Waals surface area contributed by atoms with E-state index in [1.165, 1.54) is 36.3 Å². The summed E-state index contributed by atoms with van der Waals surface area (Å²) in [4.78, 5) is 2.37. The average molecular weight is 358 g/mol. The Kier molecular flexibility index (Phi) is 5.89. The number of hydrogen-bond acceptors (Lipinski definition) is 2. The van der Waals surface area contributed by atoms with Crippen LogP contribution in [0.2, 0.25) is 0 Å². The molecule has 1 N–H and O–H groups in total. The lowest BCUT2D eigenvalue weighted by Gasteiger charge is -2.40. The molecule has 1 saturated carbocycles. The molecule has 0 amide bonds. The summed E-state index contributed by atoms with van der Waals surface area (Å²) in [6, 6.07) is 22.3. The number of likely N-dealkylation sites (N-methyl/N-ethyl adjacent to an activating group) is 1. The van der Waals surface area contributed by atoms with Gasteiger partial charge >= 0.3 is 0 Å². The Bertz CT molecular complexity index is 644. The van der Waals surface area contributed by atoms with Crippen molar-refractivity contribution < 1.29 is 0 Å². The predicted octanol–water partition coefficient (Wildman–Crippen LogP) is 3.49. The van der Waals surface area contributed by atoms with E-state index in [9.17, 15) is 0 Å². The van der Waals surface area contributed by atoms with Gasteiger partial charge in [-0.1, -0.05) is 85.3 Å². The molecule has 2 aromatic carbocycles. The van der Waals surface area contributed by atoms with Gasteiger partial charge in [0, 0.05) is 22.7 Å². The molecule has 24 heavy (non-hydrogen) atoms. The Morgan fingerprint density at radius 1 is 0.875 bits per heavy atom. The maximum Gasteiger partial charge on any atom is 0.0687 e. The van der Waals surface area contributed by atoms with Crippen molar-refractivity contribution >= 4 is 28.6 Å². The lowest BCUT2D eigenvalue weighted by molar-refractivity contribution is 0.193. The van der Waals surface area contributed by atoms with Crippen molar-refractivity contribution in [3.8, 4) is 0 Å². The van der Waals surface area contributed by atoms with Crippen LogP contribution < -0.4 is 15.7 Å². The van der Waals surface area contributed by atoms with Gasteiger partial charge < -0.3 is 4.90 Å². The molecule has 2 aromatic rings. The van der Waals surface area contributed by atoms with E-state index in [-0.39, 0.29) is 0 Å². The van der Waals surface area contributed by atoms with E-state index in [4.69, 9.17) is 11.8 Å². The topological polar surface area (TPSA) is 15.3 Å². The van der Waals surface area contributed by atoms with Crippen LogP contribution in [0.3, 0.4) is 0 Å². The molecule has 1 fully saturated rings. The Morgan fingerprint density at radius 3 is 1.88 bits per heavy atom. The smallest absolute Gasteiger partial charge is 0.0687 e. The summed E-state index contributed by atoms with van der Waals surface area (Å²) in [5.41, 5.74) is 0. The maximum absolute atomic E-state index is 6.34. The Labute approximate surface area is 151 Å². The van der Waals surface area contributed by atoms with E-state index in [1.807, 2.05) is 0 Å². The Hall–Kier alpha value is -0.990. The molecule has 0 heterocycles. The second kappa shape index (κ2) is 7.93. The molecule has 1 aliphatic rings. The van der Waals surface area contributed by atoms with Crippen LogP contribution in [-0.4, -0.2) is 31.1 Å². The van der Waals surface area contributed by atoms with E-state index < -0.39 is 6.19 Å². The fraction of sp³-hybridized carbons (Fsp3) is 0.400. The number of hydrogen-bond donors (Lipinski definition) is 1. The van der Waals surface area contributed by atoms with Crippen LogP contribution in [0.15, 0.2) is 60.7 Å². The van der Waals surface area contributed by atoms with Crippen molar-refractivity contribution in [2.45, 2.75) is 37.8 Å². The first-order chi connectivity index (χ1) is 11.6. The molecule has 2 unspecified atom stereocenters. The second-order valence-corrected chi connectivity index (χ2v) is 11.0. The first-order valence-electron chi connectivity index (χ1n) is 8.77. The summed E-state index contributed by atoms with van der Waals surface area (Å²) >= 11 is 6.34. The molecular weight excluding hydrogens is 331 g/mol. The van der Waals surface area contributed by atoms with Gasteiger partial charge in [-0.05, 0) is 26.9 Å². The largest absolute Gasteiger partial charge is 0.305 e. The SMILES string of the molecule is CN(C)C1CCCCC1NP(=S)(c1ccccc1)c1ccccc1. The highest BCUT2D eigenvalue weighted by Crippen LogP contribution is 2.41. The number of rotatable bonds is 5. The van der Waals surface area contributed by atoms with Gasteiger partial charge in [-0.2, -0.15) is 0 Å². The lowest BCUT2D eigenvalue weighted by atomic mass is 9.90. The number of nitrogens with zero attached hydrogens (tertiary/aromatic N) is 1. The van der Waals surface area contributed by atoms with Gasteiger partial charge in [0.15, 0.2) is 0 Å². The highest BCUT2D eigenvalue weighted by Gasteiger charge is 2.32. The van der Waals surface area contributed by atoms with E-state index >= 15 is 0 Å². The van der Waals surface area contributed by atoms with Crippen molar-refractivity contribution in [1.82, 2.24) is 9.99 Å². The first kappa shape index (κ1) is 17.8.